The Hall–Kier alpha value is -4.83. The van der Waals surface area contributed by atoms with E-state index in [1.165, 1.54) is 5.01 Å². The Morgan fingerprint density at radius 3 is 2.49 bits per heavy atom. The molecule has 1 fully saturated rings. The fourth-order valence-corrected chi connectivity index (χ4v) is 5.88. The van der Waals surface area contributed by atoms with Crippen molar-refractivity contribution in [1.29, 1.82) is 0 Å². The molecule has 3 aliphatic heterocycles. The molecule has 0 bridgehead atoms. The Labute approximate surface area is 276 Å². The van der Waals surface area contributed by atoms with Gasteiger partial charge in [0.25, 0.3) is 0 Å². The van der Waals surface area contributed by atoms with E-state index < -0.39 is 47.7 Å². The SMILES string of the molecule is CC1(C)CC(c2ccc(NC(=O)N3Cc4ccncc4C3)cc2)=NN(CCNC(=O)CN2C(=O)CC(N[C@@H](CS)C(=O)O)C2=O)C1=O. The molecule has 2 aromatic rings. The summed E-state index contributed by atoms with van der Waals surface area (Å²) in [5.41, 5.74) is 3.37. The number of likely N-dealkylation sites (tertiary alicyclic amines) is 1. The predicted octanol–water partition coefficient (Wildman–Crippen LogP) is 0.808. The number of nitrogens with zero attached hydrogens (tertiary/aromatic N) is 5. The van der Waals surface area contributed by atoms with Gasteiger partial charge in [-0.1, -0.05) is 26.0 Å². The number of benzene rings is 1. The number of carbonyl (C=O) groups is 6. The number of imide groups is 1. The molecule has 1 aromatic carbocycles. The van der Waals surface area contributed by atoms with Crippen molar-refractivity contribution < 1.29 is 33.9 Å². The number of nitrogens with one attached hydrogen (secondary N) is 3. The molecule has 1 unspecified atom stereocenters. The third-order valence-electron chi connectivity index (χ3n) is 8.22. The van der Waals surface area contributed by atoms with E-state index in [0.717, 1.165) is 21.6 Å². The number of fused-ring (bicyclic) bond motifs is 1. The maximum absolute atomic E-state index is 13.1. The lowest BCUT2D eigenvalue weighted by Gasteiger charge is -2.34. The lowest BCUT2D eigenvalue weighted by molar-refractivity contribution is -0.143. The molecule has 6 amide bonds. The molecule has 47 heavy (non-hydrogen) atoms. The highest BCUT2D eigenvalue weighted by Gasteiger charge is 2.41. The van der Waals surface area contributed by atoms with Crippen LogP contribution < -0.4 is 16.0 Å². The molecular weight excluding hydrogens is 628 g/mol. The second kappa shape index (κ2) is 13.9. The topological polar surface area (TPSA) is 194 Å². The number of carboxylic acids is 1. The zero-order valence-electron chi connectivity index (χ0n) is 25.9. The van der Waals surface area contributed by atoms with E-state index >= 15 is 0 Å². The molecule has 4 heterocycles. The minimum Gasteiger partial charge on any atom is -0.480 e. The predicted molar refractivity (Wildman–Crippen MR) is 172 cm³/mol. The van der Waals surface area contributed by atoms with E-state index in [1.54, 1.807) is 29.4 Å². The number of amides is 6. The van der Waals surface area contributed by atoms with Crippen LogP contribution in [0.15, 0.2) is 47.8 Å². The van der Waals surface area contributed by atoms with Gasteiger partial charge in [-0.3, -0.25) is 39.2 Å². The van der Waals surface area contributed by atoms with Gasteiger partial charge in [-0.05, 0) is 34.9 Å². The summed E-state index contributed by atoms with van der Waals surface area (Å²) in [5, 5.41) is 23.2. The van der Waals surface area contributed by atoms with Crippen molar-refractivity contribution in [2.45, 2.75) is 51.9 Å². The Balaban J connectivity index is 1.15. The van der Waals surface area contributed by atoms with E-state index in [2.05, 4.69) is 38.7 Å². The van der Waals surface area contributed by atoms with E-state index in [1.807, 2.05) is 32.0 Å². The number of carbonyl (C=O) groups excluding carboxylic acids is 5. The summed E-state index contributed by atoms with van der Waals surface area (Å²) in [4.78, 5) is 81.5. The van der Waals surface area contributed by atoms with Crippen molar-refractivity contribution in [2.75, 3.05) is 30.7 Å². The Morgan fingerprint density at radius 1 is 1.09 bits per heavy atom. The van der Waals surface area contributed by atoms with Crippen molar-refractivity contribution in [3.63, 3.8) is 0 Å². The van der Waals surface area contributed by atoms with Gasteiger partial charge in [0.1, 0.15) is 12.6 Å². The first kappa shape index (κ1) is 33.5. The summed E-state index contributed by atoms with van der Waals surface area (Å²) in [5.74, 6) is -3.42. The molecule has 0 aliphatic carbocycles. The average Bonchev–Trinajstić information content (AvgIpc) is 3.58. The minimum absolute atomic E-state index is 0.0114. The molecule has 248 valence electrons. The smallest absolute Gasteiger partial charge is 0.322 e. The van der Waals surface area contributed by atoms with E-state index in [-0.39, 0.29) is 37.2 Å². The number of thiol groups is 1. The van der Waals surface area contributed by atoms with Gasteiger partial charge in [-0.15, -0.1) is 0 Å². The maximum atomic E-state index is 13.1. The first-order valence-electron chi connectivity index (χ1n) is 15.0. The Kier molecular flexibility index (Phi) is 9.91. The first-order chi connectivity index (χ1) is 22.4. The van der Waals surface area contributed by atoms with Crippen LogP contribution in [0.1, 0.15) is 43.4 Å². The second-order valence-corrected chi connectivity index (χ2v) is 12.6. The molecule has 1 aromatic heterocycles. The molecule has 0 spiro atoms. The summed E-state index contributed by atoms with van der Waals surface area (Å²) >= 11 is 3.95. The van der Waals surface area contributed by atoms with Gasteiger partial charge >= 0.3 is 12.0 Å². The zero-order valence-corrected chi connectivity index (χ0v) is 26.8. The molecule has 16 heteroatoms. The highest BCUT2D eigenvalue weighted by atomic mass is 32.1. The molecule has 0 radical (unpaired) electrons. The maximum Gasteiger partial charge on any atom is 0.322 e. The van der Waals surface area contributed by atoms with Crippen LogP contribution in [-0.4, -0.2) is 104 Å². The molecule has 4 N–H and O–H groups in total. The van der Waals surface area contributed by atoms with Crippen molar-refractivity contribution in [3.8, 4) is 0 Å². The largest absolute Gasteiger partial charge is 0.480 e. The standard InChI is InChI=1S/C31H36N8O7S/c1-31(2)12-23(18-3-5-21(6-4-18)34-30(46)37-14-19-7-8-32-13-20(19)15-37)36-39(29(31)45)10-9-33-25(40)16-38-26(41)11-22(27(38)42)35-24(17-47)28(43)44/h3-8,13,22,24,35,47H,9-12,14-17H2,1-2H3,(H,33,40)(H,34,46)(H,43,44)/t22?,24-/m0/s1. The fourth-order valence-electron chi connectivity index (χ4n) is 5.62. The summed E-state index contributed by atoms with van der Waals surface area (Å²) < 4.78 is 0. The van der Waals surface area contributed by atoms with Crippen molar-refractivity contribution in [2.24, 2.45) is 10.5 Å². The average molecular weight is 665 g/mol. The number of aliphatic carboxylic acids is 1. The number of aromatic nitrogens is 1. The number of anilines is 1. The lowest BCUT2D eigenvalue weighted by Crippen LogP contribution is -2.50. The number of urea groups is 1. The van der Waals surface area contributed by atoms with Crippen LogP contribution in [0.25, 0.3) is 0 Å². The van der Waals surface area contributed by atoms with Gasteiger partial charge in [0, 0.05) is 49.9 Å². The number of hydrazone groups is 1. The lowest BCUT2D eigenvalue weighted by atomic mass is 9.83. The number of pyridine rings is 1. The molecule has 0 saturated carbocycles. The van der Waals surface area contributed by atoms with Crippen molar-refractivity contribution in [3.05, 3.63) is 59.4 Å². The number of hydrogen-bond acceptors (Lipinski definition) is 10. The molecule has 1 saturated heterocycles. The van der Waals surface area contributed by atoms with E-state index in [0.29, 0.717) is 30.9 Å². The van der Waals surface area contributed by atoms with Crippen LogP contribution in [0.4, 0.5) is 10.5 Å². The summed E-state index contributed by atoms with van der Waals surface area (Å²) in [6.07, 6.45) is 3.59. The number of carboxylic acid groups (broad SMARTS) is 1. The zero-order chi connectivity index (χ0) is 33.9. The van der Waals surface area contributed by atoms with Crippen LogP contribution in [0.2, 0.25) is 0 Å². The molecule has 2 atom stereocenters. The van der Waals surface area contributed by atoms with Crippen LogP contribution in [-0.2, 0) is 37.1 Å². The third-order valence-corrected chi connectivity index (χ3v) is 8.59. The number of hydrogen-bond donors (Lipinski definition) is 5. The van der Waals surface area contributed by atoms with Gasteiger partial charge in [0.15, 0.2) is 0 Å². The quantitative estimate of drug-likeness (QED) is 0.171. The van der Waals surface area contributed by atoms with Crippen LogP contribution in [0.5, 0.6) is 0 Å². The fraction of sp³-hybridized carbons (Fsp3) is 0.419. The van der Waals surface area contributed by atoms with E-state index in [4.69, 9.17) is 0 Å². The van der Waals surface area contributed by atoms with E-state index in [9.17, 15) is 33.9 Å². The molecular formula is C31H36N8O7S. The summed E-state index contributed by atoms with van der Waals surface area (Å²) in [7, 11) is 0. The Morgan fingerprint density at radius 2 is 1.81 bits per heavy atom. The third kappa shape index (κ3) is 7.60. The Bertz CT molecular complexity index is 1600. The van der Waals surface area contributed by atoms with Crippen LogP contribution in [0, 0.1) is 5.41 Å². The molecule has 3 aliphatic rings. The van der Waals surface area contributed by atoms with Gasteiger partial charge < -0.3 is 20.6 Å². The monoisotopic (exact) mass is 664 g/mol. The normalized spacial score (nSPS) is 19.4. The minimum atomic E-state index is -1.21. The van der Waals surface area contributed by atoms with Crippen LogP contribution in [0.3, 0.4) is 0 Å². The highest BCUT2D eigenvalue weighted by molar-refractivity contribution is 7.80. The van der Waals surface area contributed by atoms with Crippen LogP contribution >= 0.6 is 12.6 Å². The highest BCUT2D eigenvalue weighted by Crippen LogP contribution is 2.31. The second-order valence-electron chi connectivity index (χ2n) is 12.2. The number of rotatable bonds is 11. The molecule has 5 rings (SSSR count). The van der Waals surface area contributed by atoms with Gasteiger partial charge in [-0.2, -0.15) is 17.7 Å². The van der Waals surface area contributed by atoms with Gasteiger partial charge in [-0.25, -0.2) is 9.80 Å². The first-order valence-corrected chi connectivity index (χ1v) is 15.7. The van der Waals surface area contributed by atoms with Crippen molar-refractivity contribution >= 4 is 59.7 Å². The van der Waals surface area contributed by atoms with Gasteiger partial charge in [0.05, 0.1) is 30.1 Å². The van der Waals surface area contributed by atoms with Gasteiger partial charge in [0.2, 0.25) is 23.6 Å². The van der Waals surface area contributed by atoms with Crippen molar-refractivity contribution in [1.82, 2.24) is 30.4 Å². The summed E-state index contributed by atoms with van der Waals surface area (Å²) in [6.45, 7) is 4.15. The molecule has 15 nitrogen and oxygen atoms in total. The summed E-state index contributed by atoms with van der Waals surface area (Å²) in [6, 6.07) is 6.69.